The van der Waals surface area contributed by atoms with Crippen LogP contribution < -0.4 is 0 Å². The smallest absolute Gasteiger partial charge is 0.302 e. The van der Waals surface area contributed by atoms with Gasteiger partial charge in [-0.2, -0.15) is 0 Å². The van der Waals surface area contributed by atoms with Crippen LogP contribution in [0.5, 0.6) is 0 Å². The topological polar surface area (TPSA) is 26.3 Å². The summed E-state index contributed by atoms with van der Waals surface area (Å²) in [6, 6.07) is 10.5. The zero-order chi connectivity index (χ0) is 12.5. The lowest BCUT2D eigenvalue weighted by Crippen LogP contribution is -2.13. The second kappa shape index (κ2) is 7.88. The lowest BCUT2D eigenvalue weighted by molar-refractivity contribution is -0.142. The third-order valence-electron chi connectivity index (χ3n) is 2.90. The Morgan fingerprint density at radius 3 is 2.53 bits per heavy atom. The predicted molar refractivity (Wildman–Crippen MR) is 69.8 cm³/mol. The molecule has 1 rings (SSSR count). The molecule has 0 fully saturated rings. The molecular formula is C15H22O2. The van der Waals surface area contributed by atoms with Gasteiger partial charge < -0.3 is 4.74 Å². The number of hydrogen-bond donors (Lipinski definition) is 0. The van der Waals surface area contributed by atoms with Crippen LogP contribution >= 0.6 is 0 Å². The van der Waals surface area contributed by atoms with Crippen molar-refractivity contribution in [2.45, 2.75) is 39.5 Å². The van der Waals surface area contributed by atoms with Crippen LogP contribution in [0.1, 0.15) is 38.7 Å². The summed E-state index contributed by atoms with van der Waals surface area (Å²) >= 11 is 0. The summed E-state index contributed by atoms with van der Waals surface area (Å²) in [5.74, 6) is 0.315. The minimum absolute atomic E-state index is 0.175. The Kier molecular flexibility index (Phi) is 6.38. The number of ether oxygens (including phenoxy) is 1. The molecule has 2 nitrogen and oxygen atoms in total. The third kappa shape index (κ3) is 6.10. The monoisotopic (exact) mass is 234 g/mol. The molecule has 0 heterocycles. The van der Waals surface area contributed by atoms with Gasteiger partial charge in [0.2, 0.25) is 0 Å². The SMILES string of the molecule is CCCC(CCc1ccccc1)COC(C)=O. The van der Waals surface area contributed by atoms with Gasteiger partial charge in [0.15, 0.2) is 0 Å². The maximum Gasteiger partial charge on any atom is 0.302 e. The summed E-state index contributed by atoms with van der Waals surface area (Å²) in [4.78, 5) is 10.8. The van der Waals surface area contributed by atoms with Gasteiger partial charge in [-0.15, -0.1) is 0 Å². The van der Waals surface area contributed by atoms with E-state index in [0.29, 0.717) is 12.5 Å². The number of carbonyl (C=O) groups excluding carboxylic acids is 1. The Morgan fingerprint density at radius 2 is 1.94 bits per heavy atom. The predicted octanol–water partition coefficient (Wildman–Crippen LogP) is 3.60. The average molecular weight is 234 g/mol. The fourth-order valence-electron chi connectivity index (χ4n) is 1.97. The second-order valence-electron chi connectivity index (χ2n) is 4.48. The van der Waals surface area contributed by atoms with Gasteiger partial charge in [-0.1, -0.05) is 43.7 Å². The van der Waals surface area contributed by atoms with Crippen molar-refractivity contribution in [3.8, 4) is 0 Å². The Labute approximate surface area is 104 Å². The standard InChI is InChI=1S/C15H22O2/c1-3-7-15(12-17-13(2)16)11-10-14-8-5-4-6-9-14/h4-6,8-9,15H,3,7,10-12H2,1-2H3. The van der Waals surface area contributed by atoms with E-state index < -0.39 is 0 Å². The minimum atomic E-state index is -0.175. The van der Waals surface area contributed by atoms with Crippen LogP contribution in [0.25, 0.3) is 0 Å². The molecule has 0 N–H and O–H groups in total. The molecule has 1 unspecified atom stereocenters. The van der Waals surface area contributed by atoms with E-state index in [9.17, 15) is 4.79 Å². The van der Waals surface area contributed by atoms with Gasteiger partial charge in [-0.3, -0.25) is 4.79 Å². The van der Waals surface area contributed by atoms with Crippen LogP contribution in [0.2, 0.25) is 0 Å². The number of rotatable bonds is 7. The van der Waals surface area contributed by atoms with Gasteiger partial charge in [0.1, 0.15) is 0 Å². The first kappa shape index (κ1) is 13.8. The van der Waals surface area contributed by atoms with Crippen LogP contribution in [0.15, 0.2) is 30.3 Å². The van der Waals surface area contributed by atoms with Crippen molar-refractivity contribution in [2.75, 3.05) is 6.61 Å². The highest BCUT2D eigenvalue weighted by atomic mass is 16.5. The van der Waals surface area contributed by atoms with Crippen molar-refractivity contribution in [1.82, 2.24) is 0 Å². The van der Waals surface area contributed by atoms with Crippen LogP contribution in [0, 0.1) is 5.92 Å². The fourth-order valence-corrected chi connectivity index (χ4v) is 1.97. The van der Waals surface area contributed by atoms with Gasteiger partial charge >= 0.3 is 5.97 Å². The Bertz CT molecular complexity index is 319. The summed E-state index contributed by atoms with van der Waals surface area (Å²) < 4.78 is 5.11. The number of aryl methyl sites for hydroxylation is 1. The molecule has 0 bridgehead atoms. The van der Waals surface area contributed by atoms with Gasteiger partial charge in [-0.05, 0) is 30.7 Å². The number of hydrogen-bond acceptors (Lipinski definition) is 2. The molecule has 0 aliphatic heterocycles. The average Bonchev–Trinajstić information content (AvgIpc) is 2.34. The molecule has 0 radical (unpaired) electrons. The molecule has 94 valence electrons. The van der Waals surface area contributed by atoms with Crippen LogP contribution in [-0.2, 0) is 16.0 Å². The molecule has 0 aromatic heterocycles. The molecule has 1 aromatic rings. The summed E-state index contributed by atoms with van der Waals surface area (Å²) in [7, 11) is 0. The van der Waals surface area contributed by atoms with E-state index in [2.05, 4.69) is 31.2 Å². The van der Waals surface area contributed by atoms with E-state index >= 15 is 0 Å². The minimum Gasteiger partial charge on any atom is -0.466 e. The second-order valence-corrected chi connectivity index (χ2v) is 4.48. The van der Waals surface area contributed by atoms with Crippen molar-refractivity contribution >= 4 is 5.97 Å². The Balaban J connectivity index is 2.36. The maximum atomic E-state index is 10.8. The van der Waals surface area contributed by atoms with Gasteiger partial charge in [0.05, 0.1) is 6.61 Å². The Hall–Kier alpha value is -1.31. The van der Waals surface area contributed by atoms with Crippen molar-refractivity contribution < 1.29 is 9.53 Å². The summed E-state index contributed by atoms with van der Waals surface area (Å²) in [6.45, 7) is 4.21. The van der Waals surface area contributed by atoms with Crippen molar-refractivity contribution in [2.24, 2.45) is 5.92 Å². The summed E-state index contributed by atoms with van der Waals surface area (Å²) in [5, 5.41) is 0. The number of benzene rings is 1. The van der Waals surface area contributed by atoms with E-state index in [-0.39, 0.29) is 5.97 Å². The highest BCUT2D eigenvalue weighted by Gasteiger charge is 2.09. The highest BCUT2D eigenvalue weighted by Crippen LogP contribution is 2.15. The number of carbonyl (C=O) groups is 1. The molecule has 1 atom stereocenters. The highest BCUT2D eigenvalue weighted by molar-refractivity contribution is 5.65. The quantitative estimate of drug-likeness (QED) is 0.674. The lowest BCUT2D eigenvalue weighted by atomic mass is 9.96. The molecule has 0 saturated carbocycles. The van der Waals surface area contributed by atoms with Crippen LogP contribution in [0.4, 0.5) is 0 Å². The zero-order valence-corrected chi connectivity index (χ0v) is 10.8. The lowest BCUT2D eigenvalue weighted by Gasteiger charge is -2.15. The van der Waals surface area contributed by atoms with E-state index in [1.165, 1.54) is 12.5 Å². The molecule has 17 heavy (non-hydrogen) atoms. The van der Waals surface area contributed by atoms with Crippen molar-refractivity contribution in [1.29, 1.82) is 0 Å². The molecule has 1 aromatic carbocycles. The molecule has 0 amide bonds. The molecule has 2 heteroatoms. The molecule has 0 aliphatic carbocycles. The largest absolute Gasteiger partial charge is 0.466 e. The van der Waals surface area contributed by atoms with Crippen molar-refractivity contribution in [3.05, 3.63) is 35.9 Å². The molecular weight excluding hydrogens is 212 g/mol. The van der Waals surface area contributed by atoms with Gasteiger partial charge in [0, 0.05) is 6.92 Å². The summed E-state index contributed by atoms with van der Waals surface area (Å²) in [6.07, 6.45) is 4.42. The third-order valence-corrected chi connectivity index (χ3v) is 2.90. The van der Waals surface area contributed by atoms with Crippen LogP contribution in [-0.4, -0.2) is 12.6 Å². The van der Waals surface area contributed by atoms with Crippen LogP contribution in [0.3, 0.4) is 0 Å². The zero-order valence-electron chi connectivity index (χ0n) is 10.8. The normalized spacial score (nSPS) is 12.1. The van der Waals surface area contributed by atoms with E-state index in [1.54, 1.807) is 0 Å². The molecule has 0 aliphatic rings. The summed E-state index contributed by atoms with van der Waals surface area (Å²) in [5.41, 5.74) is 1.36. The van der Waals surface area contributed by atoms with Crippen molar-refractivity contribution in [3.63, 3.8) is 0 Å². The Morgan fingerprint density at radius 1 is 1.24 bits per heavy atom. The van der Waals surface area contributed by atoms with E-state index in [4.69, 9.17) is 4.74 Å². The van der Waals surface area contributed by atoms with E-state index in [1.807, 2.05) is 6.07 Å². The fraction of sp³-hybridized carbons (Fsp3) is 0.533. The first-order valence-electron chi connectivity index (χ1n) is 6.39. The van der Waals surface area contributed by atoms with E-state index in [0.717, 1.165) is 25.7 Å². The first-order chi connectivity index (χ1) is 8.22. The maximum absolute atomic E-state index is 10.8. The first-order valence-corrected chi connectivity index (χ1v) is 6.39. The van der Waals surface area contributed by atoms with Gasteiger partial charge in [-0.25, -0.2) is 0 Å². The molecule has 0 saturated heterocycles. The molecule has 0 spiro atoms. The number of esters is 1. The van der Waals surface area contributed by atoms with Gasteiger partial charge in [0.25, 0.3) is 0 Å².